The van der Waals surface area contributed by atoms with Crippen molar-refractivity contribution in [2.24, 2.45) is 12.0 Å². The van der Waals surface area contributed by atoms with Gasteiger partial charge in [-0.2, -0.15) is 13.2 Å². The van der Waals surface area contributed by atoms with Crippen LogP contribution in [0.4, 0.5) is 13.2 Å². The zero-order valence-electron chi connectivity index (χ0n) is 16.1. The Morgan fingerprint density at radius 1 is 1.21 bits per heavy atom. The highest BCUT2D eigenvalue weighted by molar-refractivity contribution is 14.0. The van der Waals surface area contributed by atoms with Crippen LogP contribution in [0, 0.1) is 6.92 Å². The lowest BCUT2D eigenvalue weighted by Gasteiger charge is -2.16. The number of nitrogens with zero attached hydrogens (tertiary/aromatic N) is 2. The molecule has 1 aromatic heterocycles. The van der Waals surface area contributed by atoms with Gasteiger partial charge in [0.05, 0.1) is 6.54 Å². The van der Waals surface area contributed by atoms with E-state index in [1.165, 1.54) is 0 Å². The molecule has 0 aliphatic heterocycles. The predicted octanol–water partition coefficient (Wildman–Crippen LogP) is 4.15. The van der Waals surface area contributed by atoms with E-state index in [4.69, 9.17) is 4.74 Å². The number of guanidine groups is 1. The minimum Gasteiger partial charge on any atom is -0.484 e. The molecule has 2 rings (SSSR count). The molecule has 2 N–H and O–H groups in total. The Labute approximate surface area is 180 Å². The summed E-state index contributed by atoms with van der Waals surface area (Å²) < 4.78 is 44.4. The Balaban J connectivity index is 0.00000392. The average molecular weight is 510 g/mol. The normalized spacial score (nSPS) is 11.7. The lowest BCUT2D eigenvalue weighted by molar-refractivity contribution is -0.153. The van der Waals surface area contributed by atoms with Crippen molar-refractivity contribution < 1.29 is 17.9 Å². The maximum absolute atomic E-state index is 12.5. The van der Waals surface area contributed by atoms with Gasteiger partial charge < -0.3 is 19.9 Å². The first-order valence-electron chi connectivity index (χ1n) is 8.69. The van der Waals surface area contributed by atoms with E-state index in [1.54, 1.807) is 12.1 Å². The molecule has 1 aromatic carbocycles. The fourth-order valence-electron chi connectivity index (χ4n) is 2.45. The topological polar surface area (TPSA) is 50.6 Å². The molecule has 9 heteroatoms. The largest absolute Gasteiger partial charge is 0.484 e. The van der Waals surface area contributed by atoms with Gasteiger partial charge in [0.2, 0.25) is 0 Å². The van der Waals surface area contributed by atoms with E-state index in [-0.39, 0.29) is 29.7 Å². The third-order valence-corrected chi connectivity index (χ3v) is 3.72. The van der Waals surface area contributed by atoms with Crippen molar-refractivity contribution in [3.8, 4) is 5.75 Å². The predicted molar refractivity (Wildman–Crippen MR) is 115 cm³/mol. The van der Waals surface area contributed by atoms with Crippen LogP contribution < -0.4 is 15.4 Å². The molecule has 0 spiro atoms. The highest BCUT2D eigenvalue weighted by Gasteiger charge is 2.28. The molecule has 0 aliphatic rings. The second-order valence-electron chi connectivity index (χ2n) is 6.25. The number of ether oxygens (including phenoxy) is 1. The summed E-state index contributed by atoms with van der Waals surface area (Å²) in [4.78, 5) is 4.50. The summed E-state index contributed by atoms with van der Waals surface area (Å²) in [6, 6.07) is 7.19. The molecule has 0 unspecified atom stereocenters. The van der Waals surface area contributed by atoms with Crippen molar-refractivity contribution in [1.82, 2.24) is 15.2 Å². The molecule has 1 heterocycles. The second kappa shape index (κ2) is 11.2. The Bertz CT molecular complexity index is 775. The Morgan fingerprint density at radius 2 is 1.96 bits per heavy atom. The smallest absolute Gasteiger partial charge is 0.422 e. The van der Waals surface area contributed by atoms with E-state index >= 15 is 0 Å². The summed E-state index contributed by atoms with van der Waals surface area (Å²) >= 11 is 0. The van der Waals surface area contributed by atoms with Crippen LogP contribution in [0.5, 0.6) is 5.75 Å². The van der Waals surface area contributed by atoms with E-state index in [1.807, 2.05) is 50.0 Å². The van der Waals surface area contributed by atoms with Crippen molar-refractivity contribution in [2.75, 3.05) is 13.2 Å². The maximum Gasteiger partial charge on any atom is 0.422 e. The minimum absolute atomic E-state index is 0. The van der Waals surface area contributed by atoms with Crippen LogP contribution in [-0.2, 0) is 20.1 Å². The summed E-state index contributed by atoms with van der Waals surface area (Å²) in [5.41, 5.74) is 2.54. The molecule has 0 bridgehead atoms. The molecule has 28 heavy (non-hydrogen) atoms. The fraction of sp³-hybridized carbons (Fsp3) is 0.421. The first-order chi connectivity index (χ1) is 12.8. The number of aliphatic imine (C=N–C) groups is 1. The number of hydrogen-bond donors (Lipinski definition) is 2. The van der Waals surface area contributed by atoms with Crippen LogP contribution in [-0.4, -0.2) is 29.9 Å². The molecule has 0 amide bonds. The summed E-state index contributed by atoms with van der Waals surface area (Å²) in [7, 11) is 1.94. The summed E-state index contributed by atoms with van der Waals surface area (Å²) in [5.74, 6) is 0.808. The molecule has 156 valence electrons. The monoisotopic (exact) mass is 510 g/mol. The molecule has 0 fully saturated rings. The van der Waals surface area contributed by atoms with Crippen LogP contribution in [0.3, 0.4) is 0 Å². The molecule has 0 atom stereocenters. The van der Waals surface area contributed by atoms with Gasteiger partial charge in [0, 0.05) is 38.1 Å². The van der Waals surface area contributed by atoms with Crippen LogP contribution >= 0.6 is 24.0 Å². The summed E-state index contributed by atoms with van der Waals surface area (Å²) in [5, 5.41) is 6.27. The van der Waals surface area contributed by atoms with Gasteiger partial charge in [-0.05, 0) is 37.1 Å². The van der Waals surface area contributed by atoms with Crippen molar-refractivity contribution in [2.45, 2.75) is 33.1 Å². The standard InChI is InChI=1S/C19H25F3N4O.HI/c1-4-23-18(24-10-15-7-8-26(3)12-15)25-11-16-6-5-14(2)9-17(16)27-13-19(20,21)22;/h5-9,12H,4,10-11,13H2,1-3H3,(H2,23,24,25);1H. The molecule has 0 saturated carbocycles. The number of alkyl halides is 3. The molecular formula is C19H26F3IN4O. The number of nitrogens with one attached hydrogen (secondary N) is 2. The van der Waals surface area contributed by atoms with Crippen LogP contribution in [0.2, 0.25) is 0 Å². The van der Waals surface area contributed by atoms with E-state index in [9.17, 15) is 13.2 Å². The number of aryl methyl sites for hydroxylation is 2. The van der Waals surface area contributed by atoms with Crippen molar-refractivity contribution in [3.63, 3.8) is 0 Å². The van der Waals surface area contributed by atoms with Crippen molar-refractivity contribution in [1.29, 1.82) is 0 Å². The van der Waals surface area contributed by atoms with E-state index in [0.29, 0.717) is 31.2 Å². The summed E-state index contributed by atoms with van der Waals surface area (Å²) in [6.45, 7) is 3.92. The number of halogens is 4. The fourth-order valence-corrected chi connectivity index (χ4v) is 2.45. The van der Waals surface area contributed by atoms with Gasteiger partial charge in [-0.1, -0.05) is 12.1 Å². The zero-order chi connectivity index (χ0) is 19.9. The lowest BCUT2D eigenvalue weighted by atomic mass is 10.1. The maximum atomic E-state index is 12.5. The number of rotatable bonds is 7. The van der Waals surface area contributed by atoms with Crippen molar-refractivity contribution in [3.05, 3.63) is 53.3 Å². The van der Waals surface area contributed by atoms with Gasteiger partial charge in [0.25, 0.3) is 0 Å². The highest BCUT2D eigenvalue weighted by atomic mass is 127. The average Bonchev–Trinajstić information content (AvgIpc) is 3.01. The highest BCUT2D eigenvalue weighted by Crippen LogP contribution is 2.23. The summed E-state index contributed by atoms with van der Waals surface area (Å²) in [6.07, 6.45) is -0.446. The Kier molecular flexibility index (Phi) is 9.63. The van der Waals surface area contributed by atoms with Gasteiger partial charge in [0.15, 0.2) is 12.6 Å². The third-order valence-electron chi connectivity index (χ3n) is 3.72. The van der Waals surface area contributed by atoms with Gasteiger partial charge in [-0.25, -0.2) is 4.99 Å². The first-order valence-corrected chi connectivity index (χ1v) is 8.69. The zero-order valence-corrected chi connectivity index (χ0v) is 18.5. The number of hydrogen-bond acceptors (Lipinski definition) is 2. The quantitative estimate of drug-likeness (QED) is 0.335. The third kappa shape index (κ3) is 8.41. The first kappa shape index (κ1) is 24.1. The SMILES string of the molecule is CCNC(=NCc1ccn(C)c1)NCc1ccc(C)cc1OCC(F)(F)F.I. The Morgan fingerprint density at radius 3 is 2.57 bits per heavy atom. The Hall–Kier alpha value is -1.91. The lowest BCUT2D eigenvalue weighted by Crippen LogP contribution is -2.37. The van der Waals surface area contributed by atoms with Gasteiger partial charge >= 0.3 is 6.18 Å². The second-order valence-corrected chi connectivity index (χ2v) is 6.25. The number of benzene rings is 1. The van der Waals surface area contributed by atoms with Gasteiger partial charge in [-0.15, -0.1) is 24.0 Å². The molecular weight excluding hydrogens is 484 g/mol. The number of aromatic nitrogens is 1. The van der Waals surface area contributed by atoms with E-state index < -0.39 is 12.8 Å². The van der Waals surface area contributed by atoms with Crippen LogP contribution in [0.25, 0.3) is 0 Å². The molecule has 0 radical (unpaired) electrons. The van der Waals surface area contributed by atoms with E-state index in [0.717, 1.165) is 11.1 Å². The van der Waals surface area contributed by atoms with Crippen LogP contribution in [0.15, 0.2) is 41.7 Å². The van der Waals surface area contributed by atoms with Gasteiger partial charge in [-0.3, -0.25) is 0 Å². The minimum atomic E-state index is -4.37. The molecule has 0 aliphatic carbocycles. The van der Waals surface area contributed by atoms with Crippen LogP contribution in [0.1, 0.15) is 23.6 Å². The van der Waals surface area contributed by atoms with E-state index in [2.05, 4.69) is 15.6 Å². The van der Waals surface area contributed by atoms with Crippen molar-refractivity contribution >= 4 is 29.9 Å². The molecule has 2 aromatic rings. The van der Waals surface area contributed by atoms with Gasteiger partial charge in [0.1, 0.15) is 5.75 Å². The molecule has 0 saturated heterocycles. The molecule has 5 nitrogen and oxygen atoms in total.